The smallest absolute Gasteiger partial charge is 0.0939 e. The molecule has 4 heteroatoms. The fraction of sp³-hybridized carbons (Fsp3) is 1.00. The third-order valence-electron chi connectivity index (χ3n) is 4.48. The molecule has 2 aliphatic rings. The lowest BCUT2D eigenvalue weighted by atomic mass is 9.78. The van der Waals surface area contributed by atoms with E-state index in [2.05, 4.69) is 13.8 Å². The van der Waals surface area contributed by atoms with Gasteiger partial charge in [0.2, 0.25) is 0 Å². The van der Waals surface area contributed by atoms with Crippen LogP contribution in [0, 0.1) is 5.92 Å². The summed E-state index contributed by atoms with van der Waals surface area (Å²) in [5, 5.41) is 0. The SMILES string of the molecule is COC(C)(C)CC(N)C1CCOC2(CCOC2)C1. The summed E-state index contributed by atoms with van der Waals surface area (Å²) < 4.78 is 16.9. The maximum Gasteiger partial charge on any atom is 0.0939 e. The molecule has 0 amide bonds. The molecular formula is C14H27NO3. The molecule has 4 nitrogen and oxygen atoms in total. The fourth-order valence-corrected chi connectivity index (χ4v) is 3.11. The first-order valence-electron chi connectivity index (χ1n) is 6.99. The Balaban J connectivity index is 1.92. The minimum absolute atomic E-state index is 0.0439. The van der Waals surface area contributed by atoms with Gasteiger partial charge in [-0.05, 0) is 39.0 Å². The van der Waals surface area contributed by atoms with E-state index in [9.17, 15) is 0 Å². The van der Waals surface area contributed by atoms with E-state index >= 15 is 0 Å². The Morgan fingerprint density at radius 2 is 2.22 bits per heavy atom. The molecule has 3 unspecified atom stereocenters. The lowest BCUT2D eigenvalue weighted by Gasteiger charge is -2.41. The number of rotatable bonds is 4. The van der Waals surface area contributed by atoms with Crippen LogP contribution in [-0.2, 0) is 14.2 Å². The Morgan fingerprint density at radius 3 is 2.83 bits per heavy atom. The molecule has 0 radical (unpaired) electrons. The van der Waals surface area contributed by atoms with Crippen LogP contribution in [-0.4, -0.2) is 44.2 Å². The number of hydrogen-bond donors (Lipinski definition) is 1. The standard InChI is InChI=1S/C14H27NO3/c1-13(2,16-3)9-12(15)11-4-6-18-14(8-11)5-7-17-10-14/h11-12H,4-10,15H2,1-3H3. The molecule has 2 fully saturated rings. The van der Waals surface area contributed by atoms with Gasteiger partial charge in [-0.3, -0.25) is 0 Å². The largest absolute Gasteiger partial charge is 0.379 e. The zero-order valence-corrected chi connectivity index (χ0v) is 11.9. The summed E-state index contributed by atoms with van der Waals surface area (Å²) in [6.45, 7) is 6.58. The van der Waals surface area contributed by atoms with Crippen LogP contribution in [0.4, 0.5) is 0 Å². The van der Waals surface area contributed by atoms with Crippen LogP contribution in [0.3, 0.4) is 0 Å². The topological polar surface area (TPSA) is 53.7 Å². The summed E-state index contributed by atoms with van der Waals surface area (Å²) in [4.78, 5) is 0. The molecule has 0 saturated carbocycles. The highest BCUT2D eigenvalue weighted by molar-refractivity contribution is 4.94. The molecule has 3 atom stereocenters. The highest BCUT2D eigenvalue weighted by Crippen LogP contribution is 2.38. The Labute approximate surface area is 110 Å². The van der Waals surface area contributed by atoms with E-state index < -0.39 is 0 Å². The third-order valence-corrected chi connectivity index (χ3v) is 4.48. The average Bonchev–Trinajstić information content (AvgIpc) is 2.77. The quantitative estimate of drug-likeness (QED) is 0.833. The van der Waals surface area contributed by atoms with Crippen LogP contribution < -0.4 is 5.73 Å². The molecule has 0 aliphatic carbocycles. The summed E-state index contributed by atoms with van der Waals surface area (Å²) in [6.07, 6.45) is 4.01. The van der Waals surface area contributed by atoms with Crippen molar-refractivity contribution >= 4 is 0 Å². The molecule has 2 rings (SSSR count). The molecule has 0 aromatic rings. The number of methoxy groups -OCH3 is 1. The van der Waals surface area contributed by atoms with Gasteiger partial charge in [0.05, 0.1) is 17.8 Å². The van der Waals surface area contributed by atoms with Gasteiger partial charge in [-0.25, -0.2) is 0 Å². The van der Waals surface area contributed by atoms with Crippen molar-refractivity contribution in [1.82, 2.24) is 0 Å². The maximum absolute atomic E-state index is 6.38. The van der Waals surface area contributed by atoms with Gasteiger partial charge in [0.25, 0.3) is 0 Å². The average molecular weight is 257 g/mol. The third kappa shape index (κ3) is 3.23. The minimum atomic E-state index is -0.142. The lowest BCUT2D eigenvalue weighted by Crippen LogP contribution is -2.47. The Hall–Kier alpha value is -0.160. The second-order valence-corrected chi connectivity index (χ2v) is 6.42. The zero-order valence-electron chi connectivity index (χ0n) is 11.9. The van der Waals surface area contributed by atoms with Crippen molar-refractivity contribution in [2.45, 2.75) is 56.8 Å². The number of ether oxygens (including phenoxy) is 3. The molecule has 0 aromatic carbocycles. The lowest BCUT2D eigenvalue weighted by molar-refractivity contribution is -0.105. The predicted molar refractivity (Wildman–Crippen MR) is 70.5 cm³/mol. The first-order valence-corrected chi connectivity index (χ1v) is 6.99. The predicted octanol–water partition coefficient (Wildman–Crippen LogP) is 1.71. The Bertz CT molecular complexity index is 274. The summed E-state index contributed by atoms with van der Waals surface area (Å²) >= 11 is 0. The van der Waals surface area contributed by atoms with Gasteiger partial charge in [-0.15, -0.1) is 0 Å². The van der Waals surface area contributed by atoms with Crippen LogP contribution >= 0.6 is 0 Å². The summed E-state index contributed by atoms with van der Waals surface area (Å²) in [5.74, 6) is 0.523. The van der Waals surface area contributed by atoms with Crippen molar-refractivity contribution in [2.75, 3.05) is 26.9 Å². The van der Waals surface area contributed by atoms with Crippen LogP contribution in [0.15, 0.2) is 0 Å². The molecule has 106 valence electrons. The number of nitrogens with two attached hydrogens (primary N) is 1. The van der Waals surface area contributed by atoms with Gasteiger partial charge in [-0.2, -0.15) is 0 Å². The first kappa shape index (κ1) is 14.3. The minimum Gasteiger partial charge on any atom is -0.379 e. The van der Waals surface area contributed by atoms with Crippen molar-refractivity contribution < 1.29 is 14.2 Å². The molecule has 2 N–H and O–H groups in total. The highest BCUT2D eigenvalue weighted by atomic mass is 16.6. The second-order valence-electron chi connectivity index (χ2n) is 6.42. The van der Waals surface area contributed by atoms with Crippen LogP contribution in [0.25, 0.3) is 0 Å². The van der Waals surface area contributed by atoms with Gasteiger partial charge in [0.15, 0.2) is 0 Å². The summed E-state index contributed by atoms with van der Waals surface area (Å²) in [6, 6.07) is 0.182. The number of hydrogen-bond acceptors (Lipinski definition) is 4. The van der Waals surface area contributed by atoms with Crippen LogP contribution in [0.1, 0.15) is 39.5 Å². The Kier molecular flexibility index (Phi) is 4.32. The molecule has 2 aliphatic heterocycles. The van der Waals surface area contributed by atoms with E-state index in [1.807, 2.05) is 0 Å². The van der Waals surface area contributed by atoms with E-state index in [1.54, 1.807) is 7.11 Å². The summed E-state index contributed by atoms with van der Waals surface area (Å²) in [7, 11) is 1.75. The Morgan fingerprint density at radius 1 is 1.44 bits per heavy atom. The van der Waals surface area contributed by atoms with E-state index in [1.165, 1.54) is 0 Å². The second kappa shape index (κ2) is 5.45. The van der Waals surface area contributed by atoms with Crippen molar-refractivity contribution in [3.05, 3.63) is 0 Å². The van der Waals surface area contributed by atoms with Crippen LogP contribution in [0.2, 0.25) is 0 Å². The maximum atomic E-state index is 6.38. The van der Waals surface area contributed by atoms with Crippen molar-refractivity contribution in [1.29, 1.82) is 0 Å². The van der Waals surface area contributed by atoms with E-state index in [0.717, 1.165) is 45.5 Å². The fourth-order valence-electron chi connectivity index (χ4n) is 3.11. The summed E-state index contributed by atoms with van der Waals surface area (Å²) in [5.41, 5.74) is 6.20. The molecule has 1 spiro atoms. The first-order chi connectivity index (χ1) is 8.46. The van der Waals surface area contributed by atoms with Gasteiger partial charge < -0.3 is 19.9 Å². The van der Waals surface area contributed by atoms with Crippen molar-refractivity contribution in [3.63, 3.8) is 0 Å². The molecule has 2 saturated heterocycles. The van der Waals surface area contributed by atoms with Gasteiger partial charge in [0.1, 0.15) is 0 Å². The van der Waals surface area contributed by atoms with Crippen molar-refractivity contribution in [3.8, 4) is 0 Å². The van der Waals surface area contributed by atoms with Crippen molar-refractivity contribution in [2.24, 2.45) is 11.7 Å². The molecular weight excluding hydrogens is 230 g/mol. The van der Waals surface area contributed by atoms with E-state index in [4.69, 9.17) is 19.9 Å². The van der Waals surface area contributed by atoms with Gasteiger partial charge >= 0.3 is 0 Å². The molecule has 2 heterocycles. The molecule has 18 heavy (non-hydrogen) atoms. The molecule has 0 bridgehead atoms. The normalized spacial score (nSPS) is 35.0. The molecule has 0 aromatic heterocycles. The monoisotopic (exact) mass is 257 g/mol. The van der Waals surface area contributed by atoms with E-state index in [-0.39, 0.29) is 17.2 Å². The van der Waals surface area contributed by atoms with Gasteiger partial charge in [0, 0.05) is 32.8 Å². The highest BCUT2D eigenvalue weighted by Gasteiger charge is 2.43. The van der Waals surface area contributed by atoms with Crippen LogP contribution in [0.5, 0.6) is 0 Å². The van der Waals surface area contributed by atoms with E-state index in [0.29, 0.717) is 5.92 Å². The van der Waals surface area contributed by atoms with Gasteiger partial charge in [-0.1, -0.05) is 0 Å². The zero-order chi connectivity index (χ0) is 13.2.